The molecular weight excluding hydrogens is 307 g/mol. The molecule has 1 saturated heterocycles. The van der Waals surface area contributed by atoms with E-state index in [2.05, 4.69) is 0 Å². The average molecular weight is 330 g/mol. The van der Waals surface area contributed by atoms with Gasteiger partial charge < -0.3 is 10.0 Å². The van der Waals surface area contributed by atoms with E-state index in [4.69, 9.17) is 0 Å². The quantitative estimate of drug-likeness (QED) is 0.880. The smallest absolute Gasteiger partial charge is 0.245 e. The van der Waals surface area contributed by atoms with E-state index in [1.807, 2.05) is 19.0 Å². The molecule has 1 aliphatic heterocycles. The molecule has 0 amide bonds. The summed E-state index contributed by atoms with van der Waals surface area (Å²) in [6.07, 6.45) is 1.13. The Hall–Kier alpha value is -1.02. The van der Waals surface area contributed by atoms with Crippen molar-refractivity contribution in [3.05, 3.63) is 30.1 Å². The first-order chi connectivity index (χ1) is 10.3. The molecule has 0 bridgehead atoms. The Balaban J connectivity index is 2.16. The van der Waals surface area contributed by atoms with Crippen molar-refractivity contribution >= 4 is 10.0 Å². The zero-order valence-electron chi connectivity index (χ0n) is 13.0. The Labute approximate surface area is 131 Å². The number of rotatable bonds is 5. The molecule has 0 aliphatic carbocycles. The number of benzene rings is 1. The van der Waals surface area contributed by atoms with Gasteiger partial charge in [0, 0.05) is 25.0 Å². The summed E-state index contributed by atoms with van der Waals surface area (Å²) >= 11 is 0. The number of halogens is 1. The fourth-order valence-electron chi connectivity index (χ4n) is 3.03. The Morgan fingerprint density at radius 1 is 1.27 bits per heavy atom. The molecular formula is C15H23FN2O3S. The number of aliphatic hydroxyl groups excluding tert-OH is 1. The molecule has 7 heteroatoms. The summed E-state index contributed by atoms with van der Waals surface area (Å²) in [4.78, 5) is 1.72. The fraction of sp³-hybridized carbons (Fsp3) is 0.600. The SMILES string of the molecule is CN(C)CC1(CO)CCN(S(=O)(=O)c2ccccc2F)CC1. The van der Waals surface area contributed by atoms with Crippen LogP contribution in [0, 0.1) is 11.2 Å². The molecule has 1 fully saturated rings. The van der Waals surface area contributed by atoms with Crippen LogP contribution in [0.3, 0.4) is 0 Å². The van der Waals surface area contributed by atoms with E-state index in [9.17, 15) is 17.9 Å². The van der Waals surface area contributed by atoms with Gasteiger partial charge in [0.05, 0.1) is 6.61 Å². The molecule has 1 aromatic carbocycles. The molecule has 1 aromatic rings. The maximum absolute atomic E-state index is 13.8. The van der Waals surface area contributed by atoms with Gasteiger partial charge in [-0.25, -0.2) is 12.8 Å². The topological polar surface area (TPSA) is 60.9 Å². The summed E-state index contributed by atoms with van der Waals surface area (Å²) in [7, 11) is 0.0444. The van der Waals surface area contributed by atoms with Crippen molar-refractivity contribution in [3.8, 4) is 0 Å². The fourth-order valence-corrected chi connectivity index (χ4v) is 4.54. The number of hydrogen-bond donors (Lipinski definition) is 1. The van der Waals surface area contributed by atoms with Crippen LogP contribution in [0.25, 0.3) is 0 Å². The van der Waals surface area contributed by atoms with Gasteiger partial charge in [0.15, 0.2) is 0 Å². The van der Waals surface area contributed by atoms with E-state index in [0.717, 1.165) is 6.07 Å². The second-order valence-corrected chi connectivity index (χ2v) is 8.14. The first-order valence-electron chi connectivity index (χ1n) is 7.31. The summed E-state index contributed by atoms with van der Waals surface area (Å²) in [6.45, 7) is 1.33. The Morgan fingerprint density at radius 2 is 1.86 bits per heavy atom. The van der Waals surface area contributed by atoms with E-state index in [1.54, 1.807) is 0 Å². The Kier molecular flexibility index (Phi) is 5.21. The maximum atomic E-state index is 13.8. The van der Waals surface area contributed by atoms with Crippen molar-refractivity contribution in [1.82, 2.24) is 9.21 Å². The van der Waals surface area contributed by atoms with Crippen LogP contribution in [0.2, 0.25) is 0 Å². The van der Waals surface area contributed by atoms with Crippen LogP contribution in [0.15, 0.2) is 29.2 Å². The average Bonchev–Trinajstić information content (AvgIpc) is 2.47. The second-order valence-electron chi connectivity index (χ2n) is 6.23. The number of sulfonamides is 1. The van der Waals surface area contributed by atoms with E-state index >= 15 is 0 Å². The molecule has 1 N–H and O–H groups in total. The van der Waals surface area contributed by atoms with Crippen molar-refractivity contribution in [2.45, 2.75) is 17.7 Å². The van der Waals surface area contributed by atoms with Crippen molar-refractivity contribution in [3.63, 3.8) is 0 Å². The predicted octanol–water partition coefficient (Wildman–Crippen LogP) is 1.15. The molecule has 124 valence electrons. The minimum Gasteiger partial charge on any atom is -0.396 e. The molecule has 5 nitrogen and oxygen atoms in total. The number of aliphatic hydroxyl groups is 1. The van der Waals surface area contributed by atoms with Crippen molar-refractivity contribution in [1.29, 1.82) is 0 Å². The molecule has 0 saturated carbocycles. The van der Waals surface area contributed by atoms with Crippen molar-refractivity contribution < 1.29 is 17.9 Å². The first kappa shape index (κ1) is 17.3. The molecule has 2 rings (SSSR count). The highest BCUT2D eigenvalue weighted by Gasteiger charge is 2.39. The lowest BCUT2D eigenvalue weighted by atomic mass is 9.79. The number of hydrogen-bond acceptors (Lipinski definition) is 4. The van der Waals surface area contributed by atoms with Gasteiger partial charge in [0.2, 0.25) is 10.0 Å². The van der Waals surface area contributed by atoms with Gasteiger partial charge in [-0.3, -0.25) is 0 Å². The summed E-state index contributed by atoms with van der Waals surface area (Å²) in [5.74, 6) is -0.727. The normalized spacial score (nSPS) is 19.5. The highest BCUT2D eigenvalue weighted by molar-refractivity contribution is 7.89. The monoisotopic (exact) mass is 330 g/mol. The summed E-state index contributed by atoms with van der Waals surface area (Å²) in [6, 6.07) is 5.43. The largest absolute Gasteiger partial charge is 0.396 e. The molecule has 0 atom stereocenters. The molecule has 0 spiro atoms. The Bertz CT molecular complexity index is 611. The molecule has 1 heterocycles. The molecule has 0 radical (unpaired) electrons. The van der Waals surface area contributed by atoms with E-state index in [0.29, 0.717) is 32.5 Å². The van der Waals surface area contributed by atoms with E-state index in [1.165, 1.54) is 22.5 Å². The van der Waals surface area contributed by atoms with Crippen LogP contribution >= 0.6 is 0 Å². The highest BCUT2D eigenvalue weighted by Crippen LogP contribution is 2.34. The van der Waals surface area contributed by atoms with Crippen molar-refractivity contribution in [2.75, 3.05) is 40.3 Å². The molecule has 22 heavy (non-hydrogen) atoms. The summed E-state index contributed by atoms with van der Waals surface area (Å²) in [5, 5.41) is 9.69. The number of piperidine rings is 1. The molecule has 0 aromatic heterocycles. The lowest BCUT2D eigenvalue weighted by Crippen LogP contribution is -2.48. The van der Waals surface area contributed by atoms with Gasteiger partial charge in [-0.1, -0.05) is 12.1 Å². The van der Waals surface area contributed by atoms with E-state index < -0.39 is 15.8 Å². The lowest BCUT2D eigenvalue weighted by Gasteiger charge is -2.41. The van der Waals surface area contributed by atoms with Gasteiger partial charge in [-0.2, -0.15) is 4.31 Å². The van der Waals surface area contributed by atoms with Crippen LogP contribution in [-0.4, -0.2) is 63.1 Å². The minimum atomic E-state index is -3.82. The third-order valence-corrected chi connectivity index (χ3v) is 6.16. The maximum Gasteiger partial charge on any atom is 0.245 e. The standard InChI is InChI=1S/C15H23FN2O3S/c1-17(2)11-15(12-19)7-9-18(10-8-15)22(20,21)14-6-4-3-5-13(14)16/h3-6,19H,7-12H2,1-2H3. The Morgan fingerprint density at radius 3 is 2.36 bits per heavy atom. The summed E-state index contributed by atoms with van der Waals surface area (Å²) < 4.78 is 40.2. The minimum absolute atomic E-state index is 0.0266. The zero-order chi connectivity index (χ0) is 16.4. The lowest BCUT2D eigenvalue weighted by molar-refractivity contribution is 0.0441. The third-order valence-electron chi connectivity index (χ3n) is 4.22. The zero-order valence-corrected chi connectivity index (χ0v) is 13.8. The van der Waals surface area contributed by atoms with Gasteiger partial charge in [-0.15, -0.1) is 0 Å². The van der Waals surface area contributed by atoms with Crippen LogP contribution in [0.4, 0.5) is 4.39 Å². The molecule has 1 aliphatic rings. The van der Waals surface area contributed by atoms with Gasteiger partial charge in [-0.05, 0) is 39.1 Å². The van der Waals surface area contributed by atoms with Gasteiger partial charge >= 0.3 is 0 Å². The highest BCUT2D eigenvalue weighted by atomic mass is 32.2. The third kappa shape index (κ3) is 3.48. The second kappa shape index (κ2) is 6.62. The van der Waals surface area contributed by atoms with Gasteiger partial charge in [0.1, 0.15) is 10.7 Å². The predicted molar refractivity (Wildman–Crippen MR) is 82.5 cm³/mol. The summed E-state index contributed by atoms with van der Waals surface area (Å²) in [5.41, 5.74) is -0.287. The number of nitrogens with zero attached hydrogens (tertiary/aromatic N) is 2. The molecule has 0 unspecified atom stereocenters. The van der Waals surface area contributed by atoms with Crippen LogP contribution in [0.5, 0.6) is 0 Å². The first-order valence-corrected chi connectivity index (χ1v) is 8.75. The van der Waals surface area contributed by atoms with Crippen LogP contribution in [-0.2, 0) is 10.0 Å². The van der Waals surface area contributed by atoms with E-state index in [-0.39, 0.29) is 16.9 Å². The van der Waals surface area contributed by atoms with Gasteiger partial charge in [0.25, 0.3) is 0 Å². The van der Waals surface area contributed by atoms with Crippen LogP contribution < -0.4 is 0 Å². The van der Waals surface area contributed by atoms with Crippen LogP contribution in [0.1, 0.15) is 12.8 Å². The van der Waals surface area contributed by atoms with Crippen molar-refractivity contribution in [2.24, 2.45) is 5.41 Å².